The van der Waals surface area contributed by atoms with Gasteiger partial charge in [0.25, 0.3) is 11.8 Å². The van der Waals surface area contributed by atoms with Gasteiger partial charge in [0.1, 0.15) is 17.9 Å². The lowest BCUT2D eigenvalue weighted by molar-refractivity contribution is -0.117. The number of hydrazine groups is 1. The van der Waals surface area contributed by atoms with Gasteiger partial charge in [-0.1, -0.05) is 70.7 Å². The van der Waals surface area contributed by atoms with Gasteiger partial charge in [0.05, 0.1) is 20.8 Å². The molecular weight excluding hydrogens is 494 g/mol. The molecule has 1 fully saturated rings. The van der Waals surface area contributed by atoms with Crippen LogP contribution in [0.25, 0.3) is 6.08 Å². The zero-order valence-electron chi connectivity index (χ0n) is 16.2. The van der Waals surface area contributed by atoms with Crippen molar-refractivity contribution in [3.05, 3.63) is 97.5 Å². The summed E-state index contributed by atoms with van der Waals surface area (Å²) in [5.74, 6) is -0.786. The maximum atomic E-state index is 12.9. The number of ether oxygens (including phenoxy) is 1. The number of nitrogens with zero attached hydrogens (tertiary/aromatic N) is 1. The molecule has 0 unspecified atom stereocenters. The SMILES string of the molecule is O=C1NN(c2ccccc2)C(=O)C1=Cc1cc(Cl)cc(Cl)c1OCc1ccc(Cl)c(Cl)c1. The number of carbonyl (C=O) groups is 2. The summed E-state index contributed by atoms with van der Waals surface area (Å²) in [6, 6.07) is 17.0. The molecule has 5 nitrogen and oxygen atoms in total. The number of amides is 2. The summed E-state index contributed by atoms with van der Waals surface area (Å²) in [6.45, 7) is 0.130. The highest BCUT2D eigenvalue weighted by atomic mass is 35.5. The van der Waals surface area contributed by atoms with Crippen LogP contribution in [0.2, 0.25) is 20.1 Å². The third kappa shape index (κ3) is 4.71. The Kier molecular flexibility index (Phi) is 6.63. The molecule has 0 bridgehead atoms. The van der Waals surface area contributed by atoms with Crippen LogP contribution in [0.5, 0.6) is 5.75 Å². The van der Waals surface area contributed by atoms with Crippen molar-refractivity contribution in [3.63, 3.8) is 0 Å². The van der Waals surface area contributed by atoms with Gasteiger partial charge in [0.15, 0.2) is 0 Å². The molecule has 3 aromatic carbocycles. The van der Waals surface area contributed by atoms with Crippen LogP contribution in [-0.4, -0.2) is 11.8 Å². The molecule has 1 aliphatic rings. The molecule has 1 aliphatic heterocycles. The van der Waals surface area contributed by atoms with E-state index in [1.807, 2.05) is 6.07 Å². The van der Waals surface area contributed by atoms with E-state index in [0.717, 1.165) is 5.56 Å². The number of hydrogen-bond donors (Lipinski definition) is 1. The minimum Gasteiger partial charge on any atom is -0.487 e. The molecule has 1 N–H and O–H groups in total. The quantitative estimate of drug-likeness (QED) is 0.323. The Hall–Kier alpha value is -2.70. The summed E-state index contributed by atoms with van der Waals surface area (Å²) in [6.07, 6.45) is 1.41. The summed E-state index contributed by atoms with van der Waals surface area (Å²) in [4.78, 5) is 25.4. The highest BCUT2D eigenvalue weighted by Crippen LogP contribution is 2.35. The second kappa shape index (κ2) is 9.43. The van der Waals surface area contributed by atoms with E-state index in [-0.39, 0.29) is 23.0 Å². The molecule has 0 aliphatic carbocycles. The van der Waals surface area contributed by atoms with Gasteiger partial charge in [-0.25, -0.2) is 5.01 Å². The highest BCUT2D eigenvalue weighted by Gasteiger charge is 2.34. The second-order valence-corrected chi connectivity index (χ2v) is 8.48. The zero-order valence-corrected chi connectivity index (χ0v) is 19.3. The first-order valence-corrected chi connectivity index (χ1v) is 10.8. The molecule has 4 rings (SSSR count). The molecule has 162 valence electrons. The van der Waals surface area contributed by atoms with E-state index < -0.39 is 11.8 Å². The molecule has 1 heterocycles. The average molecular weight is 508 g/mol. The third-order valence-electron chi connectivity index (χ3n) is 4.61. The first-order chi connectivity index (χ1) is 15.3. The van der Waals surface area contributed by atoms with E-state index >= 15 is 0 Å². The van der Waals surface area contributed by atoms with Crippen LogP contribution in [0.15, 0.2) is 66.2 Å². The van der Waals surface area contributed by atoms with Gasteiger partial charge in [-0.3, -0.25) is 15.0 Å². The van der Waals surface area contributed by atoms with Crippen LogP contribution in [0, 0.1) is 0 Å². The molecule has 0 spiro atoms. The van der Waals surface area contributed by atoms with Crippen molar-refractivity contribution < 1.29 is 14.3 Å². The van der Waals surface area contributed by atoms with E-state index in [2.05, 4.69) is 5.43 Å². The van der Waals surface area contributed by atoms with Crippen molar-refractivity contribution in [1.82, 2.24) is 5.43 Å². The summed E-state index contributed by atoms with van der Waals surface area (Å²) in [5, 5.41) is 2.56. The molecule has 2 amide bonds. The fourth-order valence-corrected chi connectivity index (χ4v) is 3.98. The number of anilines is 1. The molecule has 0 aromatic heterocycles. The van der Waals surface area contributed by atoms with Crippen molar-refractivity contribution in [3.8, 4) is 5.75 Å². The predicted octanol–water partition coefficient (Wildman–Crippen LogP) is 6.34. The molecular formula is C23H14Cl4N2O3. The average Bonchev–Trinajstić information content (AvgIpc) is 3.04. The van der Waals surface area contributed by atoms with Crippen LogP contribution in [0.1, 0.15) is 11.1 Å². The summed E-state index contributed by atoms with van der Waals surface area (Å²) in [5.41, 5.74) is 4.15. The monoisotopic (exact) mass is 506 g/mol. The van der Waals surface area contributed by atoms with Crippen LogP contribution in [0.3, 0.4) is 0 Å². The van der Waals surface area contributed by atoms with Gasteiger partial charge in [-0.15, -0.1) is 0 Å². The summed E-state index contributed by atoms with van der Waals surface area (Å²) >= 11 is 24.5. The van der Waals surface area contributed by atoms with E-state index in [4.69, 9.17) is 51.1 Å². The van der Waals surface area contributed by atoms with Gasteiger partial charge in [0.2, 0.25) is 0 Å². The van der Waals surface area contributed by atoms with Crippen LogP contribution in [0.4, 0.5) is 5.69 Å². The van der Waals surface area contributed by atoms with E-state index in [1.165, 1.54) is 17.2 Å². The largest absolute Gasteiger partial charge is 0.487 e. The molecule has 3 aromatic rings. The number of rotatable bonds is 5. The van der Waals surface area contributed by atoms with Crippen LogP contribution < -0.4 is 15.2 Å². The molecule has 9 heteroatoms. The zero-order chi connectivity index (χ0) is 22.8. The van der Waals surface area contributed by atoms with Crippen molar-refractivity contribution in [1.29, 1.82) is 0 Å². The number of hydrogen-bond acceptors (Lipinski definition) is 3. The molecule has 0 radical (unpaired) electrons. The highest BCUT2D eigenvalue weighted by molar-refractivity contribution is 6.42. The van der Waals surface area contributed by atoms with Crippen molar-refractivity contribution in [2.75, 3.05) is 5.01 Å². The number of carbonyl (C=O) groups excluding carboxylic acids is 2. The summed E-state index contributed by atoms with van der Waals surface area (Å²) in [7, 11) is 0. The minimum atomic E-state index is -0.551. The van der Waals surface area contributed by atoms with E-state index in [0.29, 0.717) is 26.3 Å². The normalized spacial score (nSPS) is 14.8. The number of nitrogens with one attached hydrogen (secondary N) is 1. The lowest BCUT2D eigenvalue weighted by atomic mass is 10.1. The Morgan fingerprint density at radius 2 is 1.62 bits per heavy atom. The van der Waals surface area contributed by atoms with Gasteiger partial charge in [0, 0.05) is 10.6 Å². The first kappa shape index (κ1) is 22.5. The van der Waals surface area contributed by atoms with Gasteiger partial charge in [-0.05, 0) is 48.0 Å². The number of halogens is 4. The summed E-state index contributed by atoms with van der Waals surface area (Å²) < 4.78 is 5.90. The maximum Gasteiger partial charge on any atom is 0.282 e. The lowest BCUT2D eigenvalue weighted by Gasteiger charge is -2.14. The second-order valence-electron chi connectivity index (χ2n) is 6.82. The standard InChI is InChI=1S/C23H14Cl4N2O3/c24-15-9-14(10-17-22(30)28-29(23(17)31)16-4-2-1-3-5-16)21(20(27)11-15)32-12-13-6-7-18(25)19(26)8-13/h1-11H,12H2,(H,28,30). The van der Waals surface area contributed by atoms with Gasteiger partial charge >= 0.3 is 0 Å². The van der Waals surface area contributed by atoms with Crippen LogP contribution in [-0.2, 0) is 16.2 Å². The maximum absolute atomic E-state index is 12.9. The lowest BCUT2D eigenvalue weighted by Crippen LogP contribution is -2.35. The number of benzene rings is 3. The third-order valence-corrected chi connectivity index (χ3v) is 5.85. The molecule has 0 saturated carbocycles. The van der Waals surface area contributed by atoms with Crippen molar-refractivity contribution >= 4 is 70.0 Å². The van der Waals surface area contributed by atoms with Crippen molar-refractivity contribution in [2.24, 2.45) is 0 Å². The van der Waals surface area contributed by atoms with Crippen LogP contribution >= 0.6 is 46.4 Å². The smallest absolute Gasteiger partial charge is 0.282 e. The molecule has 32 heavy (non-hydrogen) atoms. The fraction of sp³-hybridized carbons (Fsp3) is 0.0435. The van der Waals surface area contributed by atoms with Crippen molar-refractivity contribution in [2.45, 2.75) is 6.61 Å². The molecule has 1 saturated heterocycles. The Labute approximate surface area is 204 Å². The predicted molar refractivity (Wildman–Crippen MR) is 127 cm³/mol. The molecule has 0 atom stereocenters. The Morgan fingerprint density at radius 1 is 0.875 bits per heavy atom. The Morgan fingerprint density at radius 3 is 2.34 bits per heavy atom. The van der Waals surface area contributed by atoms with E-state index in [1.54, 1.807) is 48.5 Å². The minimum absolute atomic E-state index is 0.0772. The van der Waals surface area contributed by atoms with E-state index in [9.17, 15) is 9.59 Å². The van der Waals surface area contributed by atoms with Gasteiger partial charge < -0.3 is 4.74 Å². The fourth-order valence-electron chi connectivity index (χ4n) is 3.10. The first-order valence-electron chi connectivity index (χ1n) is 9.31. The topological polar surface area (TPSA) is 58.6 Å². The number of para-hydroxylation sites is 1. The Balaban J connectivity index is 1.66. The Bertz CT molecular complexity index is 1250. The van der Waals surface area contributed by atoms with Gasteiger partial charge in [-0.2, -0.15) is 0 Å².